The number of halogens is 1. The average Bonchev–Trinajstić information content (AvgIpc) is 2.90. The molecule has 2 aromatic carbocycles. The molecule has 2 aromatic rings. The second kappa shape index (κ2) is 9.36. The van der Waals surface area contributed by atoms with Gasteiger partial charge < -0.3 is 5.32 Å². The summed E-state index contributed by atoms with van der Waals surface area (Å²) in [5.41, 5.74) is 3.15. The Morgan fingerprint density at radius 1 is 1.11 bits per heavy atom. The molecule has 1 N–H and O–H groups in total. The maximum absolute atomic E-state index is 12.8. The molecule has 0 aromatic heterocycles. The highest BCUT2D eigenvalue weighted by Crippen LogP contribution is 2.21. The molecule has 1 saturated heterocycles. The van der Waals surface area contributed by atoms with Crippen LogP contribution in [0.2, 0.25) is 5.02 Å². The van der Waals surface area contributed by atoms with Gasteiger partial charge in [-0.15, -0.1) is 0 Å². The van der Waals surface area contributed by atoms with Gasteiger partial charge in [0.05, 0.1) is 6.04 Å². The first-order valence-electron chi connectivity index (χ1n) is 9.60. The standard InChI is InChI=1S/C22H28ClN3O/c1-17-9-10-20(23)15-21(17)24-22(27)18(2)26-12-6-11-25(13-14-26)16-19-7-4-3-5-8-19/h3-5,7-10,15,18H,6,11-14,16H2,1-2H3,(H,24,27). The van der Waals surface area contributed by atoms with Crippen molar-refractivity contribution in [2.45, 2.75) is 32.9 Å². The number of benzene rings is 2. The van der Waals surface area contributed by atoms with E-state index in [-0.39, 0.29) is 11.9 Å². The molecule has 1 aliphatic heterocycles. The Kier molecular flexibility index (Phi) is 6.89. The van der Waals surface area contributed by atoms with Gasteiger partial charge >= 0.3 is 0 Å². The van der Waals surface area contributed by atoms with Crippen molar-refractivity contribution in [3.8, 4) is 0 Å². The first kappa shape index (κ1) is 19.9. The van der Waals surface area contributed by atoms with E-state index in [9.17, 15) is 4.79 Å². The van der Waals surface area contributed by atoms with Crippen LogP contribution >= 0.6 is 11.6 Å². The molecule has 5 heteroatoms. The van der Waals surface area contributed by atoms with Crippen molar-refractivity contribution in [3.63, 3.8) is 0 Å². The summed E-state index contributed by atoms with van der Waals surface area (Å²) in [5.74, 6) is 0.0249. The van der Waals surface area contributed by atoms with Crippen LogP contribution in [0.5, 0.6) is 0 Å². The van der Waals surface area contributed by atoms with Crippen molar-refractivity contribution in [3.05, 3.63) is 64.7 Å². The Morgan fingerprint density at radius 3 is 2.67 bits per heavy atom. The van der Waals surface area contributed by atoms with E-state index in [1.54, 1.807) is 0 Å². The minimum absolute atomic E-state index is 0.0249. The molecule has 1 heterocycles. The van der Waals surface area contributed by atoms with Crippen molar-refractivity contribution in [2.24, 2.45) is 0 Å². The molecule has 1 aliphatic rings. The van der Waals surface area contributed by atoms with Crippen LogP contribution in [0.1, 0.15) is 24.5 Å². The van der Waals surface area contributed by atoms with Crippen LogP contribution in [-0.4, -0.2) is 47.9 Å². The number of hydrogen-bond donors (Lipinski definition) is 1. The maximum Gasteiger partial charge on any atom is 0.241 e. The van der Waals surface area contributed by atoms with Gasteiger partial charge in [0, 0.05) is 36.9 Å². The molecule has 0 radical (unpaired) electrons. The van der Waals surface area contributed by atoms with Crippen LogP contribution < -0.4 is 5.32 Å². The number of anilines is 1. The molecule has 1 amide bonds. The van der Waals surface area contributed by atoms with Crippen LogP contribution in [0.3, 0.4) is 0 Å². The predicted octanol–water partition coefficient (Wildman–Crippen LogP) is 4.18. The van der Waals surface area contributed by atoms with Gasteiger partial charge in [-0.1, -0.05) is 48.0 Å². The number of carbonyl (C=O) groups is 1. The second-order valence-corrected chi connectivity index (χ2v) is 7.71. The SMILES string of the molecule is Cc1ccc(Cl)cc1NC(=O)C(C)N1CCCN(Cc2ccccc2)CC1. The molecule has 27 heavy (non-hydrogen) atoms. The third-order valence-corrected chi connectivity index (χ3v) is 5.49. The number of nitrogens with one attached hydrogen (secondary N) is 1. The topological polar surface area (TPSA) is 35.6 Å². The summed E-state index contributed by atoms with van der Waals surface area (Å²) in [6.45, 7) is 8.81. The highest BCUT2D eigenvalue weighted by Gasteiger charge is 2.24. The number of nitrogens with zero attached hydrogens (tertiary/aromatic N) is 2. The lowest BCUT2D eigenvalue weighted by Gasteiger charge is -2.27. The van der Waals surface area contributed by atoms with E-state index in [0.29, 0.717) is 5.02 Å². The van der Waals surface area contributed by atoms with Crippen LogP contribution in [0.25, 0.3) is 0 Å². The molecular formula is C22H28ClN3O. The average molecular weight is 386 g/mol. The molecule has 0 spiro atoms. The largest absolute Gasteiger partial charge is 0.324 e. The van der Waals surface area contributed by atoms with E-state index in [2.05, 4.69) is 45.4 Å². The van der Waals surface area contributed by atoms with Gasteiger partial charge in [0.25, 0.3) is 0 Å². The Hall–Kier alpha value is -1.88. The first-order chi connectivity index (χ1) is 13.0. The van der Waals surface area contributed by atoms with Crippen molar-refractivity contribution in [1.29, 1.82) is 0 Å². The second-order valence-electron chi connectivity index (χ2n) is 7.28. The monoisotopic (exact) mass is 385 g/mol. The molecule has 4 nitrogen and oxygen atoms in total. The zero-order chi connectivity index (χ0) is 19.2. The van der Waals surface area contributed by atoms with Gasteiger partial charge in [-0.25, -0.2) is 0 Å². The number of amides is 1. The fourth-order valence-electron chi connectivity index (χ4n) is 3.51. The number of rotatable bonds is 5. The van der Waals surface area contributed by atoms with E-state index in [0.717, 1.165) is 50.4 Å². The molecule has 1 unspecified atom stereocenters. The number of hydrogen-bond acceptors (Lipinski definition) is 3. The van der Waals surface area contributed by atoms with Gasteiger partial charge in [0.1, 0.15) is 0 Å². The minimum atomic E-state index is -0.167. The van der Waals surface area contributed by atoms with Gasteiger partial charge in [0.15, 0.2) is 0 Å². The summed E-state index contributed by atoms with van der Waals surface area (Å²) < 4.78 is 0. The Labute approximate surface area is 167 Å². The molecular weight excluding hydrogens is 358 g/mol. The lowest BCUT2D eigenvalue weighted by atomic mass is 10.2. The van der Waals surface area contributed by atoms with Gasteiger partial charge in [0.2, 0.25) is 5.91 Å². The van der Waals surface area contributed by atoms with Crippen molar-refractivity contribution in [1.82, 2.24) is 9.80 Å². The Balaban J connectivity index is 1.56. The normalized spacial score (nSPS) is 17.3. The molecule has 144 valence electrons. The predicted molar refractivity (Wildman–Crippen MR) is 112 cm³/mol. The summed E-state index contributed by atoms with van der Waals surface area (Å²) in [5, 5.41) is 3.68. The van der Waals surface area contributed by atoms with E-state index in [4.69, 9.17) is 11.6 Å². The van der Waals surface area contributed by atoms with Crippen LogP contribution in [-0.2, 0) is 11.3 Å². The minimum Gasteiger partial charge on any atom is -0.324 e. The summed E-state index contributed by atoms with van der Waals surface area (Å²) in [7, 11) is 0. The zero-order valence-corrected chi connectivity index (χ0v) is 16.9. The lowest BCUT2D eigenvalue weighted by molar-refractivity contribution is -0.120. The van der Waals surface area contributed by atoms with E-state index >= 15 is 0 Å². The van der Waals surface area contributed by atoms with E-state index < -0.39 is 0 Å². The number of carbonyl (C=O) groups excluding carboxylic acids is 1. The Bertz CT molecular complexity index is 765. The van der Waals surface area contributed by atoms with Crippen LogP contribution in [0, 0.1) is 6.92 Å². The lowest BCUT2D eigenvalue weighted by Crippen LogP contribution is -2.44. The van der Waals surface area contributed by atoms with Gasteiger partial charge in [-0.05, 0) is 50.1 Å². The van der Waals surface area contributed by atoms with Crippen molar-refractivity contribution < 1.29 is 4.79 Å². The maximum atomic E-state index is 12.8. The molecule has 1 fully saturated rings. The molecule has 3 rings (SSSR count). The molecule has 0 aliphatic carbocycles. The van der Waals surface area contributed by atoms with E-state index in [1.165, 1.54) is 5.56 Å². The summed E-state index contributed by atoms with van der Waals surface area (Å²) in [6.07, 6.45) is 1.07. The smallest absolute Gasteiger partial charge is 0.241 e. The third-order valence-electron chi connectivity index (χ3n) is 5.26. The van der Waals surface area contributed by atoms with Gasteiger partial charge in [-0.3, -0.25) is 14.6 Å². The molecule has 0 bridgehead atoms. The van der Waals surface area contributed by atoms with Gasteiger partial charge in [-0.2, -0.15) is 0 Å². The number of aryl methyl sites for hydroxylation is 1. The summed E-state index contributed by atoms with van der Waals surface area (Å²) in [6, 6.07) is 16.0. The molecule has 0 saturated carbocycles. The highest BCUT2D eigenvalue weighted by molar-refractivity contribution is 6.31. The Morgan fingerprint density at radius 2 is 1.89 bits per heavy atom. The van der Waals surface area contributed by atoms with Crippen molar-refractivity contribution >= 4 is 23.2 Å². The fraction of sp³-hybridized carbons (Fsp3) is 0.409. The third kappa shape index (κ3) is 5.55. The quantitative estimate of drug-likeness (QED) is 0.838. The van der Waals surface area contributed by atoms with Crippen LogP contribution in [0.15, 0.2) is 48.5 Å². The molecule has 1 atom stereocenters. The van der Waals surface area contributed by atoms with Crippen LogP contribution in [0.4, 0.5) is 5.69 Å². The fourth-order valence-corrected chi connectivity index (χ4v) is 3.68. The summed E-state index contributed by atoms with van der Waals surface area (Å²) >= 11 is 6.07. The van der Waals surface area contributed by atoms with E-state index in [1.807, 2.05) is 32.0 Å². The first-order valence-corrected chi connectivity index (χ1v) is 9.98. The zero-order valence-electron chi connectivity index (χ0n) is 16.1. The summed E-state index contributed by atoms with van der Waals surface area (Å²) in [4.78, 5) is 17.5. The highest BCUT2D eigenvalue weighted by atomic mass is 35.5. The van der Waals surface area contributed by atoms with Crippen molar-refractivity contribution in [2.75, 3.05) is 31.5 Å².